The molecule has 2 rings (SSSR count). The largest absolute Gasteiger partial charge is 0.311 e. The van der Waals surface area contributed by atoms with Crippen molar-refractivity contribution in [2.75, 3.05) is 6.54 Å². The lowest BCUT2D eigenvalue weighted by Gasteiger charge is -2.34. The van der Waals surface area contributed by atoms with Gasteiger partial charge in [-0.25, -0.2) is 0 Å². The van der Waals surface area contributed by atoms with Crippen LogP contribution in [0.25, 0.3) is 0 Å². The molecule has 1 heteroatoms. The van der Waals surface area contributed by atoms with Crippen LogP contribution in [0.2, 0.25) is 0 Å². The van der Waals surface area contributed by atoms with Gasteiger partial charge in [0, 0.05) is 5.54 Å². The van der Waals surface area contributed by atoms with Crippen LogP contribution in [0.3, 0.4) is 0 Å². The van der Waals surface area contributed by atoms with Crippen molar-refractivity contribution in [1.29, 1.82) is 0 Å². The maximum atomic E-state index is 3.76. The third kappa shape index (κ3) is 2.55. The van der Waals surface area contributed by atoms with E-state index < -0.39 is 0 Å². The molecule has 17 heavy (non-hydrogen) atoms. The van der Waals surface area contributed by atoms with E-state index in [4.69, 9.17) is 0 Å². The fourth-order valence-corrected chi connectivity index (χ4v) is 3.06. The summed E-state index contributed by atoms with van der Waals surface area (Å²) in [6.45, 7) is 10.3. The number of hydrogen-bond donors (Lipinski definition) is 1. The van der Waals surface area contributed by atoms with Crippen molar-refractivity contribution < 1.29 is 0 Å². The van der Waals surface area contributed by atoms with Crippen molar-refractivity contribution in [3.8, 4) is 0 Å². The number of nitrogens with one attached hydrogen (secondary N) is 1. The topological polar surface area (TPSA) is 12.0 Å². The fourth-order valence-electron chi connectivity index (χ4n) is 3.06. The van der Waals surface area contributed by atoms with E-state index >= 15 is 0 Å². The molecule has 0 amide bonds. The first kappa shape index (κ1) is 12.6. The second-order valence-corrected chi connectivity index (χ2v) is 5.95. The molecule has 1 aliphatic heterocycles. The smallest absolute Gasteiger partial charge is 0.0245 e. The van der Waals surface area contributed by atoms with Gasteiger partial charge in [-0.15, -0.1) is 0 Å². The molecule has 1 aromatic rings. The Balaban J connectivity index is 2.23. The van der Waals surface area contributed by atoms with Crippen molar-refractivity contribution in [2.24, 2.45) is 5.92 Å². The van der Waals surface area contributed by atoms with Gasteiger partial charge in [0.1, 0.15) is 0 Å². The molecular weight excluding hydrogens is 206 g/mol. The minimum absolute atomic E-state index is 0.333. The van der Waals surface area contributed by atoms with E-state index in [-0.39, 0.29) is 0 Å². The monoisotopic (exact) mass is 231 g/mol. The summed E-state index contributed by atoms with van der Waals surface area (Å²) in [6, 6.07) is 6.86. The van der Waals surface area contributed by atoms with Crippen LogP contribution < -0.4 is 5.32 Å². The minimum atomic E-state index is 0.333. The Morgan fingerprint density at radius 3 is 2.59 bits per heavy atom. The predicted molar refractivity (Wildman–Crippen MR) is 74.4 cm³/mol. The molecule has 1 nitrogen and oxygen atoms in total. The molecule has 1 atom stereocenters. The van der Waals surface area contributed by atoms with Gasteiger partial charge < -0.3 is 5.32 Å². The zero-order chi connectivity index (χ0) is 12.5. The maximum Gasteiger partial charge on any atom is 0.0245 e. The molecule has 0 aromatic heterocycles. The molecule has 94 valence electrons. The van der Waals surface area contributed by atoms with Crippen molar-refractivity contribution >= 4 is 0 Å². The fraction of sp³-hybridized carbons (Fsp3) is 0.625. The maximum absolute atomic E-state index is 3.76. The second kappa shape index (κ2) is 4.81. The van der Waals surface area contributed by atoms with Gasteiger partial charge in [-0.05, 0) is 56.7 Å². The van der Waals surface area contributed by atoms with Crippen LogP contribution in [0, 0.1) is 19.8 Å². The lowest BCUT2D eigenvalue weighted by Crippen LogP contribution is -2.46. The third-order valence-corrected chi connectivity index (χ3v) is 4.39. The number of hydrogen-bond acceptors (Lipinski definition) is 1. The van der Waals surface area contributed by atoms with E-state index in [9.17, 15) is 0 Å². The quantitative estimate of drug-likeness (QED) is 0.837. The Morgan fingerprint density at radius 2 is 2.06 bits per heavy atom. The Morgan fingerprint density at radius 1 is 1.29 bits per heavy atom. The van der Waals surface area contributed by atoms with E-state index in [2.05, 4.69) is 51.2 Å². The molecule has 1 N–H and O–H groups in total. The van der Waals surface area contributed by atoms with E-state index in [1.165, 1.54) is 42.5 Å². The van der Waals surface area contributed by atoms with Gasteiger partial charge in [-0.2, -0.15) is 0 Å². The molecule has 1 heterocycles. The summed E-state index contributed by atoms with van der Waals surface area (Å²) >= 11 is 0. The van der Waals surface area contributed by atoms with Gasteiger partial charge in [-0.1, -0.05) is 37.6 Å². The van der Waals surface area contributed by atoms with Gasteiger partial charge in [0.2, 0.25) is 0 Å². The molecule has 1 unspecified atom stereocenters. The SMILES string of the molecule is Cc1ccc(CC2(C(C)C)CCCN2)c(C)c1. The summed E-state index contributed by atoms with van der Waals surface area (Å²) in [7, 11) is 0. The number of rotatable bonds is 3. The lowest BCUT2D eigenvalue weighted by molar-refractivity contribution is 0.269. The van der Waals surface area contributed by atoms with Gasteiger partial charge in [0.05, 0.1) is 0 Å². The highest BCUT2D eigenvalue weighted by Gasteiger charge is 2.36. The predicted octanol–water partition coefficient (Wildman–Crippen LogP) is 3.62. The van der Waals surface area contributed by atoms with Crippen molar-refractivity contribution in [3.05, 3.63) is 34.9 Å². The normalized spacial score (nSPS) is 24.5. The molecule has 0 spiro atoms. The van der Waals surface area contributed by atoms with Gasteiger partial charge in [0.25, 0.3) is 0 Å². The van der Waals surface area contributed by atoms with Crippen LogP contribution in [-0.4, -0.2) is 12.1 Å². The molecule has 1 aliphatic rings. The highest BCUT2D eigenvalue weighted by Crippen LogP contribution is 2.32. The zero-order valence-electron chi connectivity index (χ0n) is 11.6. The molecule has 0 radical (unpaired) electrons. The highest BCUT2D eigenvalue weighted by atomic mass is 15.0. The highest BCUT2D eigenvalue weighted by molar-refractivity contribution is 5.32. The Kier molecular flexibility index (Phi) is 3.58. The van der Waals surface area contributed by atoms with Gasteiger partial charge in [0.15, 0.2) is 0 Å². The summed E-state index contributed by atoms with van der Waals surface area (Å²) in [5.41, 5.74) is 4.65. The van der Waals surface area contributed by atoms with Gasteiger partial charge in [-0.3, -0.25) is 0 Å². The molecular formula is C16H25N. The van der Waals surface area contributed by atoms with Crippen LogP contribution in [0.5, 0.6) is 0 Å². The van der Waals surface area contributed by atoms with Crippen LogP contribution in [0.1, 0.15) is 43.4 Å². The van der Waals surface area contributed by atoms with Crippen molar-refractivity contribution in [2.45, 2.75) is 52.5 Å². The summed E-state index contributed by atoms with van der Waals surface area (Å²) in [5.74, 6) is 0.700. The van der Waals surface area contributed by atoms with Gasteiger partial charge >= 0.3 is 0 Å². The molecule has 0 aliphatic carbocycles. The second-order valence-electron chi connectivity index (χ2n) is 5.95. The van der Waals surface area contributed by atoms with Crippen LogP contribution in [0.4, 0.5) is 0 Å². The average molecular weight is 231 g/mol. The Hall–Kier alpha value is -0.820. The van der Waals surface area contributed by atoms with Crippen LogP contribution >= 0.6 is 0 Å². The van der Waals surface area contributed by atoms with E-state index in [1.807, 2.05) is 0 Å². The zero-order valence-corrected chi connectivity index (χ0v) is 11.6. The first-order valence-electron chi connectivity index (χ1n) is 6.85. The first-order valence-corrected chi connectivity index (χ1v) is 6.85. The Labute approximate surface area is 106 Å². The summed E-state index contributed by atoms with van der Waals surface area (Å²) in [4.78, 5) is 0. The summed E-state index contributed by atoms with van der Waals surface area (Å²) in [5, 5.41) is 3.76. The summed E-state index contributed by atoms with van der Waals surface area (Å²) in [6.07, 6.45) is 3.82. The molecule has 0 saturated carbocycles. The van der Waals surface area contributed by atoms with Crippen molar-refractivity contribution in [1.82, 2.24) is 5.32 Å². The van der Waals surface area contributed by atoms with Crippen LogP contribution in [-0.2, 0) is 6.42 Å². The minimum Gasteiger partial charge on any atom is -0.311 e. The first-order chi connectivity index (χ1) is 8.03. The van der Waals surface area contributed by atoms with E-state index in [0.717, 1.165) is 0 Å². The molecule has 0 bridgehead atoms. The number of aryl methyl sites for hydroxylation is 2. The Bertz CT molecular complexity index is 387. The lowest BCUT2D eigenvalue weighted by atomic mass is 9.79. The standard InChI is InChI=1S/C16H25N/c1-12(2)16(8-5-9-17-16)11-15-7-6-13(3)10-14(15)4/h6-7,10,12,17H,5,8-9,11H2,1-4H3. The molecule has 1 saturated heterocycles. The van der Waals surface area contributed by atoms with E-state index in [0.29, 0.717) is 11.5 Å². The number of benzene rings is 1. The average Bonchev–Trinajstić information content (AvgIpc) is 2.72. The van der Waals surface area contributed by atoms with E-state index in [1.54, 1.807) is 0 Å². The van der Waals surface area contributed by atoms with Crippen molar-refractivity contribution in [3.63, 3.8) is 0 Å². The molecule has 1 fully saturated rings. The summed E-state index contributed by atoms with van der Waals surface area (Å²) < 4.78 is 0. The third-order valence-electron chi connectivity index (χ3n) is 4.39. The van der Waals surface area contributed by atoms with Crippen LogP contribution in [0.15, 0.2) is 18.2 Å². The molecule has 1 aromatic carbocycles.